The molecule has 3 aromatic rings. The molecule has 0 aromatic heterocycles. The highest BCUT2D eigenvalue weighted by Gasteiger charge is 2.15. The van der Waals surface area contributed by atoms with E-state index in [1.807, 2.05) is 36.4 Å². The van der Waals surface area contributed by atoms with Crippen molar-refractivity contribution in [2.24, 2.45) is 0 Å². The van der Waals surface area contributed by atoms with Crippen molar-refractivity contribution in [1.82, 2.24) is 0 Å². The maximum absolute atomic E-state index is 12.3. The lowest BCUT2D eigenvalue weighted by atomic mass is 10.1. The fraction of sp³-hybridized carbons (Fsp3) is 0.130. The van der Waals surface area contributed by atoms with Gasteiger partial charge in [0.2, 0.25) is 5.78 Å². The number of hydrogen-bond donors (Lipinski definition) is 0. The number of carbonyl (C=O) groups excluding carboxylic acids is 2. The summed E-state index contributed by atoms with van der Waals surface area (Å²) >= 11 is 7.57. The summed E-state index contributed by atoms with van der Waals surface area (Å²) in [5.74, 6) is 0.372. The standard InChI is InChI=1S/C23H19ClO4S/c1-27-22-5-3-2-4-20(22)21(25)14-28-23(26)17-8-6-16(7-9-17)15-29-19-12-10-18(24)11-13-19/h2-13H,14-15H2,1H3. The molecule has 0 N–H and O–H groups in total. The lowest BCUT2D eigenvalue weighted by Gasteiger charge is -2.08. The van der Waals surface area contributed by atoms with Crippen molar-refractivity contribution in [1.29, 1.82) is 0 Å². The predicted octanol–water partition coefficient (Wildman–Crippen LogP) is 5.68. The monoisotopic (exact) mass is 426 g/mol. The largest absolute Gasteiger partial charge is 0.496 e. The Kier molecular flexibility index (Phi) is 7.33. The maximum Gasteiger partial charge on any atom is 0.338 e. The first-order valence-electron chi connectivity index (χ1n) is 8.87. The summed E-state index contributed by atoms with van der Waals surface area (Å²) < 4.78 is 10.3. The van der Waals surface area contributed by atoms with Crippen molar-refractivity contribution in [3.8, 4) is 5.75 Å². The van der Waals surface area contributed by atoms with Crippen LogP contribution in [0.2, 0.25) is 5.02 Å². The molecule has 0 saturated heterocycles. The predicted molar refractivity (Wildman–Crippen MR) is 115 cm³/mol. The van der Waals surface area contributed by atoms with E-state index in [9.17, 15) is 9.59 Å². The molecule has 0 unspecified atom stereocenters. The van der Waals surface area contributed by atoms with E-state index in [-0.39, 0.29) is 12.4 Å². The molecule has 0 heterocycles. The number of carbonyl (C=O) groups is 2. The Hall–Kier alpha value is -2.76. The molecule has 29 heavy (non-hydrogen) atoms. The van der Waals surface area contributed by atoms with Gasteiger partial charge in [-0.05, 0) is 54.1 Å². The van der Waals surface area contributed by atoms with Gasteiger partial charge in [0.05, 0.1) is 18.2 Å². The van der Waals surface area contributed by atoms with Crippen molar-refractivity contribution >= 4 is 35.1 Å². The van der Waals surface area contributed by atoms with Crippen LogP contribution in [0.25, 0.3) is 0 Å². The first-order chi connectivity index (χ1) is 14.1. The van der Waals surface area contributed by atoms with Gasteiger partial charge in [0.1, 0.15) is 5.75 Å². The number of benzene rings is 3. The first kappa shape index (κ1) is 21.0. The van der Waals surface area contributed by atoms with E-state index < -0.39 is 5.97 Å². The van der Waals surface area contributed by atoms with Gasteiger partial charge in [-0.15, -0.1) is 11.8 Å². The van der Waals surface area contributed by atoms with Gasteiger partial charge in [-0.2, -0.15) is 0 Å². The van der Waals surface area contributed by atoms with Crippen LogP contribution in [0.15, 0.2) is 77.7 Å². The molecule has 6 heteroatoms. The zero-order valence-corrected chi connectivity index (χ0v) is 17.3. The summed E-state index contributed by atoms with van der Waals surface area (Å²) in [6.45, 7) is -0.340. The lowest BCUT2D eigenvalue weighted by Crippen LogP contribution is -2.15. The zero-order valence-electron chi connectivity index (χ0n) is 15.8. The van der Waals surface area contributed by atoms with E-state index in [0.29, 0.717) is 21.9 Å². The number of ketones is 1. The summed E-state index contributed by atoms with van der Waals surface area (Å²) in [7, 11) is 1.49. The van der Waals surface area contributed by atoms with E-state index in [0.717, 1.165) is 16.2 Å². The highest BCUT2D eigenvalue weighted by atomic mass is 35.5. The number of hydrogen-bond acceptors (Lipinski definition) is 5. The molecule has 0 aliphatic carbocycles. The van der Waals surface area contributed by atoms with Crippen LogP contribution >= 0.6 is 23.4 Å². The van der Waals surface area contributed by atoms with Crippen LogP contribution in [0.3, 0.4) is 0 Å². The van der Waals surface area contributed by atoms with Crippen molar-refractivity contribution in [2.75, 3.05) is 13.7 Å². The van der Waals surface area contributed by atoms with E-state index in [1.54, 1.807) is 48.2 Å². The Morgan fingerprint density at radius 1 is 0.931 bits per heavy atom. The molecular formula is C23H19ClO4S. The Morgan fingerprint density at radius 2 is 1.62 bits per heavy atom. The Balaban J connectivity index is 1.53. The van der Waals surface area contributed by atoms with Crippen molar-refractivity contribution in [3.05, 3.63) is 94.5 Å². The smallest absolute Gasteiger partial charge is 0.338 e. The van der Waals surface area contributed by atoms with Crippen LogP contribution in [-0.4, -0.2) is 25.5 Å². The van der Waals surface area contributed by atoms with Crippen LogP contribution < -0.4 is 4.74 Å². The minimum absolute atomic E-state index is 0.313. The van der Waals surface area contributed by atoms with Gasteiger partial charge in [-0.1, -0.05) is 35.9 Å². The molecule has 0 aliphatic heterocycles. The lowest BCUT2D eigenvalue weighted by molar-refractivity contribution is 0.0474. The number of para-hydroxylation sites is 1. The molecule has 0 spiro atoms. The van der Waals surface area contributed by atoms with Crippen molar-refractivity contribution in [3.63, 3.8) is 0 Å². The molecule has 0 fully saturated rings. The van der Waals surface area contributed by atoms with Gasteiger partial charge >= 0.3 is 5.97 Å². The van der Waals surface area contributed by atoms with Crippen LogP contribution in [0.1, 0.15) is 26.3 Å². The highest BCUT2D eigenvalue weighted by molar-refractivity contribution is 7.98. The molecular weight excluding hydrogens is 408 g/mol. The van der Waals surface area contributed by atoms with Crippen molar-refractivity contribution < 1.29 is 19.1 Å². The quantitative estimate of drug-likeness (QED) is 0.263. The van der Waals surface area contributed by atoms with Gasteiger partial charge in [0.25, 0.3) is 0 Å². The summed E-state index contributed by atoms with van der Waals surface area (Å²) in [6, 6.07) is 21.6. The van der Waals surface area contributed by atoms with Gasteiger partial charge < -0.3 is 9.47 Å². The summed E-state index contributed by atoms with van der Waals surface area (Å²) in [4.78, 5) is 25.6. The number of methoxy groups -OCH3 is 1. The summed E-state index contributed by atoms with van der Waals surface area (Å²) in [6.07, 6.45) is 0. The number of esters is 1. The molecule has 3 rings (SSSR count). The third kappa shape index (κ3) is 5.86. The second-order valence-corrected chi connectivity index (χ2v) is 7.62. The molecule has 0 bridgehead atoms. The molecule has 0 radical (unpaired) electrons. The first-order valence-corrected chi connectivity index (χ1v) is 10.2. The van der Waals surface area contributed by atoms with E-state index in [2.05, 4.69) is 0 Å². The molecule has 3 aromatic carbocycles. The maximum atomic E-state index is 12.3. The summed E-state index contributed by atoms with van der Waals surface area (Å²) in [5, 5.41) is 0.710. The van der Waals surface area contributed by atoms with Crippen LogP contribution in [0.5, 0.6) is 5.75 Å². The van der Waals surface area contributed by atoms with E-state index in [4.69, 9.17) is 21.1 Å². The highest BCUT2D eigenvalue weighted by Crippen LogP contribution is 2.24. The van der Waals surface area contributed by atoms with Crippen LogP contribution in [-0.2, 0) is 10.5 Å². The van der Waals surface area contributed by atoms with Crippen LogP contribution in [0.4, 0.5) is 0 Å². The molecule has 148 valence electrons. The molecule has 0 amide bonds. The van der Waals surface area contributed by atoms with Crippen LogP contribution in [0, 0.1) is 0 Å². The SMILES string of the molecule is COc1ccccc1C(=O)COC(=O)c1ccc(CSc2ccc(Cl)cc2)cc1. The van der Waals surface area contributed by atoms with Gasteiger partial charge in [-0.25, -0.2) is 4.79 Å². The molecule has 4 nitrogen and oxygen atoms in total. The third-order valence-electron chi connectivity index (χ3n) is 4.15. The average Bonchev–Trinajstić information content (AvgIpc) is 2.77. The fourth-order valence-corrected chi connectivity index (χ4v) is 3.58. The molecule has 0 atom stereocenters. The topological polar surface area (TPSA) is 52.6 Å². The number of rotatable bonds is 8. The van der Waals surface area contributed by atoms with E-state index in [1.165, 1.54) is 7.11 Å². The van der Waals surface area contributed by atoms with Crippen molar-refractivity contribution in [2.45, 2.75) is 10.6 Å². The van der Waals surface area contributed by atoms with E-state index >= 15 is 0 Å². The zero-order chi connectivity index (χ0) is 20.6. The second kappa shape index (κ2) is 10.1. The minimum atomic E-state index is -0.537. The Bertz CT molecular complexity index is 985. The number of thioether (sulfide) groups is 1. The summed E-state index contributed by atoms with van der Waals surface area (Å²) in [5.41, 5.74) is 1.86. The number of ether oxygens (including phenoxy) is 2. The van der Waals surface area contributed by atoms with Gasteiger partial charge in [0.15, 0.2) is 6.61 Å². The minimum Gasteiger partial charge on any atom is -0.496 e. The Labute approximate surface area is 178 Å². The fourth-order valence-electron chi connectivity index (χ4n) is 2.60. The molecule has 0 aliphatic rings. The number of halogens is 1. The molecule has 0 saturated carbocycles. The second-order valence-electron chi connectivity index (χ2n) is 6.14. The number of Topliss-reactive ketones (excluding diaryl/α,β-unsaturated/α-hetero) is 1. The normalized spacial score (nSPS) is 10.4. The van der Waals surface area contributed by atoms with Gasteiger partial charge in [0, 0.05) is 15.7 Å². The Morgan fingerprint density at radius 3 is 2.31 bits per heavy atom. The third-order valence-corrected chi connectivity index (χ3v) is 5.49. The van der Waals surface area contributed by atoms with Gasteiger partial charge in [-0.3, -0.25) is 4.79 Å². The average molecular weight is 427 g/mol.